The fourth-order valence-electron chi connectivity index (χ4n) is 0. The summed E-state index contributed by atoms with van der Waals surface area (Å²) in [5.74, 6) is 0. The Kier molecular flexibility index (Phi) is 13.4. The van der Waals surface area contributed by atoms with Crippen LogP contribution in [0.2, 0.25) is 0 Å². The van der Waals surface area contributed by atoms with Gasteiger partial charge in [0.15, 0.2) is 0 Å². The molecule has 7 heavy (non-hydrogen) atoms. The first-order valence-electron chi connectivity index (χ1n) is 0.924. The number of rotatable bonds is 0. The van der Waals surface area contributed by atoms with Gasteiger partial charge in [-0.25, -0.2) is 0 Å². The molecule has 1 N–H and O–H groups in total. The average Bonchev–Trinajstić information content (AvgIpc) is 0.722. The summed E-state index contributed by atoms with van der Waals surface area (Å²) in [6.45, 7) is 0. The SMILES string of the molecule is CS(=O)(=O)O.[PbH2].[PbH2]. The van der Waals surface area contributed by atoms with Crippen molar-refractivity contribution in [3.8, 4) is 0 Å². The minimum absolute atomic E-state index is 0. The molecule has 0 fully saturated rings. The van der Waals surface area contributed by atoms with Crippen LogP contribution < -0.4 is 0 Å². The molecule has 0 saturated carbocycles. The Labute approximate surface area is 82.9 Å². The van der Waals surface area contributed by atoms with Gasteiger partial charge in [-0.2, -0.15) is 8.42 Å². The van der Waals surface area contributed by atoms with Gasteiger partial charge < -0.3 is 0 Å². The zero-order valence-electron chi connectivity index (χ0n) is 4.09. The van der Waals surface area contributed by atoms with Crippen LogP contribution in [0.15, 0.2) is 0 Å². The van der Waals surface area contributed by atoms with Gasteiger partial charge in [0.2, 0.25) is 0 Å². The second-order valence-electron chi connectivity index (χ2n) is 0.733. The van der Waals surface area contributed by atoms with Crippen LogP contribution in [0.5, 0.6) is 0 Å². The Morgan fingerprint density at radius 1 is 1.29 bits per heavy atom. The summed E-state index contributed by atoms with van der Waals surface area (Å²) in [6.07, 6.45) is 0.715. The zero-order chi connectivity index (χ0) is 4.50. The van der Waals surface area contributed by atoms with Gasteiger partial charge in [0.05, 0.1) is 6.26 Å². The van der Waals surface area contributed by atoms with E-state index in [0.717, 1.165) is 0 Å². The van der Waals surface area contributed by atoms with Crippen molar-refractivity contribution in [3.05, 3.63) is 0 Å². The molecule has 0 rings (SSSR count). The van der Waals surface area contributed by atoms with E-state index in [1.807, 2.05) is 0 Å². The van der Waals surface area contributed by atoms with Crippen molar-refractivity contribution in [1.82, 2.24) is 0 Å². The van der Waals surface area contributed by atoms with E-state index in [1.54, 1.807) is 0 Å². The van der Waals surface area contributed by atoms with Crippen molar-refractivity contribution in [2.45, 2.75) is 0 Å². The van der Waals surface area contributed by atoms with E-state index in [0.29, 0.717) is 6.26 Å². The van der Waals surface area contributed by atoms with Crippen molar-refractivity contribution < 1.29 is 13.0 Å². The maximum atomic E-state index is 9.19. The third kappa shape index (κ3) is 83.4. The number of hydrogen-bond acceptors (Lipinski definition) is 2. The standard InChI is InChI=1S/CH4O3S.2Pb.4H/c1-5(2,3)4;;;;;;/h1H3,(H,2,3,4);;;;;;. The first-order chi connectivity index (χ1) is 2.00. The number of hydrogen-bond donors (Lipinski definition) is 1. The zero-order valence-corrected chi connectivity index (χ0v) is 15.9. The predicted molar refractivity (Wildman–Crippen MR) is 34.6 cm³/mol. The molecule has 0 bridgehead atoms. The summed E-state index contributed by atoms with van der Waals surface area (Å²) >= 11 is 0. The third-order valence-corrected chi connectivity index (χ3v) is 0. The van der Waals surface area contributed by atoms with Gasteiger partial charge in [-0.3, -0.25) is 4.55 Å². The molecule has 6 heteroatoms. The minimum atomic E-state index is -3.67. The Bertz CT molecular complexity index is 96.1. The van der Waals surface area contributed by atoms with Crippen molar-refractivity contribution in [2.24, 2.45) is 0 Å². The van der Waals surface area contributed by atoms with Crippen molar-refractivity contribution in [2.75, 3.05) is 6.26 Å². The summed E-state index contributed by atoms with van der Waals surface area (Å²) in [6, 6.07) is 0. The van der Waals surface area contributed by atoms with Crippen molar-refractivity contribution in [3.63, 3.8) is 0 Å². The monoisotopic (exact) mass is 516 g/mol. The molecule has 0 heterocycles. The summed E-state index contributed by atoms with van der Waals surface area (Å²) in [7, 11) is -3.67. The molecule has 0 saturated heterocycles. The van der Waals surface area contributed by atoms with E-state index < -0.39 is 10.1 Å². The topological polar surface area (TPSA) is 54.4 Å². The normalized spacial score (nSPS) is 8.29. The second-order valence-corrected chi connectivity index (χ2v) is 2.20. The first kappa shape index (κ1) is 15.9. The van der Waals surface area contributed by atoms with Gasteiger partial charge in [0.1, 0.15) is 0 Å². The van der Waals surface area contributed by atoms with E-state index in [-0.39, 0.29) is 54.6 Å². The summed E-state index contributed by atoms with van der Waals surface area (Å²) in [4.78, 5) is 0. The van der Waals surface area contributed by atoms with E-state index >= 15 is 0 Å². The van der Waals surface area contributed by atoms with Gasteiger partial charge in [-0.15, -0.1) is 0 Å². The molecule has 0 amide bonds. The molecule has 44 valence electrons. The van der Waals surface area contributed by atoms with E-state index in [4.69, 9.17) is 4.55 Å². The molecule has 3 nitrogen and oxygen atoms in total. The van der Waals surface area contributed by atoms with Gasteiger partial charge in [-0.1, -0.05) is 0 Å². The van der Waals surface area contributed by atoms with Crippen LogP contribution in [-0.2, 0) is 10.1 Å². The molecule has 0 atom stereocenters. The summed E-state index contributed by atoms with van der Waals surface area (Å²) in [5.41, 5.74) is 0. The molecule has 0 spiro atoms. The Balaban J connectivity index is -0.0000000800. The molecule has 0 aromatic carbocycles. The van der Waals surface area contributed by atoms with Crippen LogP contribution in [0, 0.1) is 0 Å². The van der Waals surface area contributed by atoms with Gasteiger partial charge in [-0.05, 0) is 0 Å². The molecule has 0 aromatic rings. The van der Waals surface area contributed by atoms with Gasteiger partial charge in [0, 0.05) is 0 Å². The fraction of sp³-hybridized carbons (Fsp3) is 1.00. The van der Waals surface area contributed by atoms with Gasteiger partial charge in [0.25, 0.3) is 10.1 Å². The Morgan fingerprint density at radius 2 is 1.29 bits per heavy atom. The van der Waals surface area contributed by atoms with Crippen LogP contribution in [-0.4, -0.2) is 73.8 Å². The van der Waals surface area contributed by atoms with Crippen molar-refractivity contribution in [1.29, 1.82) is 0 Å². The Morgan fingerprint density at radius 3 is 1.29 bits per heavy atom. The Hall–Kier alpha value is 1.75. The quantitative estimate of drug-likeness (QED) is 0.292. The van der Waals surface area contributed by atoms with Gasteiger partial charge >= 0.3 is 54.6 Å². The molecule has 0 unspecified atom stereocenters. The van der Waals surface area contributed by atoms with Crippen LogP contribution in [0.25, 0.3) is 0 Å². The van der Waals surface area contributed by atoms with Crippen LogP contribution in [0.4, 0.5) is 0 Å². The molecule has 0 aliphatic heterocycles. The average molecular weight is 515 g/mol. The van der Waals surface area contributed by atoms with E-state index in [2.05, 4.69) is 0 Å². The van der Waals surface area contributed by atoms with Crippen LogP contribution in [0.3, 0.4) is 0 Å². The summed E-state index contributed by atoms with van der Waals surface area (Å²) < 4.78 is 25.9. The van der Waals surface area contributed by atoms with Crippen LogP contribution in [0.1, 0.15) is 0 Å². The maximum absolute atomic E-state index is 9.19. The predicted octanol–water partition coefficient (Wildman–Crippen LogP) is -2.33. The molecule has 0 aliphatic carbocycles. The molecular weight excluding hydrogens is 506 g/mol. The molecular formula is CH8O3Pb2S. The third-order valence-electron chi connectivity index (χ3n) is 0. The molecule has 0 aliphatic rings. The molecule has 4 radical (unpaired) electrons. The van der Waals surface area contributed by atoms with E-state index in [1.165, 1.54) is 0 Å². The van der Waals surface area contributed by atoms with E-state index in [9.17, 15) is 8.42 Å². The second kappa shape index (κ2) is 5.88. The summed E-state index contributed by atoms with van der Waals surface area (Å²) in [5, 5.41) is 0. The van der Waals surface area contributed by atoms with Crippen molar-refractivity contribution >= 4 is 64.7 Å². The molecule has 0 aromatic heterocycles. The first-order valence-corrected chi connectivity index (χ1v) is 2.77. The van der Waals surface area contributed by atoms with Crippen LogP contribution >= 0.6 is 0 Å². The fourth-order valence-corrected chi connectivity index (χ4v) is 0.